The normalized spacial score (nSPS) is 10.4. The maximum Gasteiger partial charge on any atom is 0.222 e. The number of ether oxygens (including phenoxy) is 3. The molecule has 1 amide bonds. The first-order valence-corrected chi connectivity index (χ1v) is 5.45. The van der Waals surface area contributed by atoms with E-state index in [4.69, 9.17) is 19.9 Å². The van der Waals surface area contributed by atoms with Crippen LogP contribution in [0.25, 0.3) is 0 Å². The van der Waals surface area contributed by atoms with Crippen molar-refractivity contribution < 1.29 is 19.0 Å². The Morgan fingerprint density at radius 2 is 1.50 bits per heavy atom. The first-order chi connectivity index (χ1) is 7.81. The summed E-state index contributed by atoms with van der Waals surface area (Å²) in [5, 5.41) is 2.52. The number of rotatable bonds is 11. The number of hydrogen-bond donors (Lipinski definition) is 2. The predicted molar refractivity (Wildman–Crippen MR) is 60.2 cm³/mol. The predicted octanol–water partition coefficient (Wildman–Crippen LogP) is -0.869. The Morgan fingerprint density at radius 1 is 1.00 bits per heavy atom. The van der Waals surface area contributed by atoms with Crippen molar-refractivity contribution in [2.45, 2.75) is 6.42 Å². The summed E-state index contributed by atoms with van der Waals surface area (Å²) in [6, 6.07) is 0. The Labute approximate surface area is 96.4 Å². The smallest absolute Gasteiger partial charge is 0.222 e. The van der Waals surface area contributed by atoms with Crippen molar-refractivity contribution in [3.05, 3.63) is 0 Å². The molecule has 0 aromatic rings. The third-order valence-electron chi connectivity index (χ3n) is 1.76. The summed E-state index contributed by atoms with van der Waals surface area (Å²) in [4.78, 5) is 10.8. The van der Waals surface area contributed by atoms with E-state index >= 15 is 0 Å². The lowest BCUT2D eigenvalue weighted by Gasteiger charge is -2.05. The van der Waals surface area contributed by atoms with E-state index < -0.39 is 0 Å². The lowest BCUT2D eigenvalue weighted by Crippen LogP contribution is -2.20. The summed E-state index contributed by atoms with van der Waals surface area (Å²) in [7, 11) is 1.60. The molecule has 0 aliphatic carbocycles. The van der Waals surface area contributed by atoms with E-state index in [2.05, 4.69) is 5.32 Å². The fourth-order valence-corrected chi connectivity index (χ4v) is 0.915. The number of carbonyl (C=O) groups excluding carboxylic acids is 1. The Kier molecular flexibility index (Phi) is 11.8. The van der Waals surface area contributed by atoms with Gasteiger partial charge in [0.25, 0.3) is 0 Å². The lowest BCUT2D eigenvalue weighted by atomic mass is 10.4. The topological polar surface area (TPSA) is 82.8 Å². The quantitative estimate of drug-likeness (QED) is 0.454. The molecule has 3 N–H and O–H groups in total. The van der Waals surface area contributed by atoms with Crippen molar-refractivity contribution >= 4 is 5.91 Å². The molecule has 96 valence electrons. The Morgan fingerprint density at radius 3 is 2.00 bits per heavy atom. The van der Waals surface area contributed by atoms with Gasteiger partial charge in [0.2, 0.25) is 5.91 Å². The standard InChI is InChI=1S/C10H22N2O4/c1-12-10(13)2-4-14-6-8-16-9-7-15-5-3-11/h2-9,11H2,1H3,(H,12,13). The van der Waals surface area contributed by atoms with Gasteiger partial charge >= 0.3 is 0 Å². The van der Waals surface area contributed by atoms with Crippen LogP contribution in [-0.2, 0) is 19.0 Å². The maximum atomic E-state index is 10.8. The maximum absolute atomic E-state index is 10.8. The summed E-state index contributed by atoms with van der Waals surface area (Å²) in [5.41, 5.74) is 5.24. The van der Waals surface area contributed by atoms with Gasteiger partial charge in [-0.1, -0.05) is 0 Å². The molecular weight excluding hydrogens is 212 g/mol. The fourth-order valence-electron chi connectivity index (χ4n) is 0.915. The molecule has 0 atom stereocenters. The SMILES string of the molecule is CNC(=O)CCOCCOCCOCCN. The fraction of sp³-hybridized carbons (Fsp3) is 0.900. The van der Waals surface area contributed by atoms with Crippen LogP contribution in [-0.4, -0.2) is 59.1 Å². The largest absolute Gasteiger partial charge is 0.379 e. The van der Waals surface area contributed by atoms with Gasteiger partial charge in [-0.25, -0.2) is 0 Å². The minimum atomic E-state index is -0.0175. The van der Waals surface area contributed by atoms with E-state index in [0.29, 0.717) is 52.6 Å². The zero-order valence-corrected chi connectivity index (χ0v) is 9.87. The third-order valence-corrected chi connectivity index (χ3v) is 1.76. The molecule has 0 aliphatic rings. The van der Waals surface area contributed by atoms with Crippen LogP contribution in [0.1, 0.15) is 6.42 Å². The van der Waals surface area contributed by atoms with Gasteiger partial charge in [0, 0.05) is 20.0 Å². The molecule has 0 spiro atoms. The molecule has 6 nitrogen and oxygen atoms in total. The van der Waals surface area contributed by atoms with Crippen LogP contribution in [0.5, 0.6) is 0 Å². The Balaban J connectivity index is 2.96. The van der Waals surface area contributed by atoms with Crippen LogP contribution in [0.4, 0.5) is 0 Å². The van der Waals surface area contributed by atoms with Gasteiger partial charge in [0.05, 0.1) is 39.6 Å². The third kappa shape index (κ3) is 11.4. The molecule has 0 heterocycles. The first-order valence-electron chi connectivity index (χ1n) is 5.45. The summed E-state index contributed by atoms with van der Waals surface area (Å²) in [6.45, 7) is 3.61. The molecule has 6 heteroatoms. The summed E-state index contributed by atoms with van der Waals surface area (Å²) < 4.78 is 15.5. The number of carbonyl (C=O) groups is 1. The van der Waals surface area contributed by atoms with Gasteiger partial charge in [-0.05, 0) is 0 Å². The number of nitrogens with one attached hydrogen (secondary N) is 1. The van der Waals surface area contributed by atoms with Gasteiger partial charge in [-0.2, -0.15) is 0 Å². The molecule has 0 aromatic heterocycles. The lowest BCUT2D eigenvalue weighted by molar-refractivity contribution is -0.121. The second-order valence-corrected chi connectivity index (χ2v) is 3.05. The highest BCUT2D eigenvalue weighted by Gasteiger charge is 1.96. The van der Waals surface area contributed by atoms with E-state index in [1.807, 2.05) is 0 Å². The van der Waals surface area contributed by atoms with E-state index in [9.17, 15) is 4.79 Å². The van der Waals surface area contributed by atoms with Crippen molar-refractivity contribution in [3.63, 3.8) is 0 Å². The molecule has 0 radical (unpaired) electrons. The van der Waals surface area contributed by atoms with E-state index in [1.54, 1.807) is 7.05 Å². The number of nitrogens with two attached hydrogens (primary N) is 1. The minimum Gasteiger partial charge on any atom is -0.379 e. The summed E-state index contributed by atoms with van der Waals surface area (Å²) >= 11 is 0. The highest BCUT2D eigenvalue weighted by atomic mass is 16.5. The average molecular weight is 234 g/mol. The molecule has 0 saturated carbocycles. The van der Waals surface area contributed by atoms with Gasteiger partial charge in [-0.15, -0.1) is 0 Å². The highest BCUT2D eigenvalue weighted by molar-refractivity contribution is 5.75. The zero-order valence-electron chi connectivity index (χ0n) is 9.87. The van der Waals surface area contributed by atoms with E-state index in [1.165, 1.54) is 0 Å². The Hall–Kier alpha value is -0.690. The highest BCUT2D eigenvalue weighted by Crippen LogP contribution is 1.84. The Bertz CT molecular complexity index is 167. The summed E-state index contributed by atoms with van der Waals surface area (Å²) in [6.07, 6.45) is 0.385. The molecule has 0 bridgehead atoms. The van der Waals surface area contributed by atoms with Crippen molar-refractivity contribution in [1.82, 2.24) is 5.32 Å². The molecule has 0 saturated heterocycles. The molecule has 0 fully saturated rings. The summed E-state index contributed by atoms with van der Waals surface area (Å²) in [5.74, 6) is -0.0175. The first kappa shape index (κ1) is 15.3. The van der Waals surface area contributed by atoms with E-state index in [-0.39, 0.29) is 5.91 Å². The van der Waals surface area contributed by atoms with Gasteiger partial charge < -0.3 is 25.3 Å². The van der Waals surface area contributed by atoms with Gasteiger partial charge in [0.1, 0.15) is 0 Å². The van der Waals surface area contributed by atoms with Crippen LogP contribution in [0.15, 0.2) is 0 Å². The van der Waals surface area contributed by atoms with Crippen molar-refractivity contribution in [3.8, 4) is 0 Å². The van der Waals surface area contributed by atoms with Crippen LogP contribution in [0, 0.1) is 0 Å². The minimum absolute atomic E-state index is 0.0175. The van der Waals surface area contributed by atoms with Crippen molar-refractivity contribution in [1.29, 1.82) is 0 Å². The van der Waals surface area contributed by atoms with Crippen LogP contribution < -0.4 is 11.1 Å². The van der Waals surface area contributed by atoms with Crippen LogP contribution in [0.3, 0.4) is 0 Å². The molecular formula is C10H22N2O4. The molecule has 0 unspecified atom stereocenters. The molecule has 0 aliphatic heterocycles. The second kappa shape index (κ2) is 12.4. The molecule has 0 rings (SSSR count). The van der Waals surface area contributed by atoms with Crippen molar-refractivity contribution in [2.75, 3.05) is 53.2 Å². The monoisotopic (exact) mass is 234 g/mol. The van der Waals surface area contributed by atoms with Crippen LogP contribution in [0.2, 0.25) is 0 Å². The van der Waals surface area contributed by atoms with Crippen molar-refractivity contribution in [2.24, 2.45) is 5.73 Å². The zero-order chi connectivity index (χ0) is 12.1. The average Bonchev–Trinajstić information content (AvgIpc) is 2.31. The second-order valence-electron chi connectivity index (χ2n) is 3.05. The number of amides is 1. The molecule has 0 aromatic carbocycles. The molecule has 16 heavy (non-hydrogen) atoms. The number of hydrogen-bond acceptors (Lipinski definition) is 5. The van der Waals surface area contributed by atoms with Gasteiger partial charge in [0.15, 0.2) is 0 Å². The van der Waals surface area contributed by atoms with Gasteiger partial charge in [-0.3, -0.25) is 4.79 Å². The van der Waals surface area contributed by atoms with E-state index in [0.717, 1.165) is 0 Å². The van der Waals surface area contributed by atoms with Crippen LogP contribution >= 0.6 is 0 Å².